The second-order valence-corrected chi connectivity index (χ2v) is 8.82. The van der Waals surface area contributed by atoms with Gasteiger partial charge >= 0.3 is 6.03 Å². The summed E-state index contributed by atoms with van der Waals surface area (Å²) in [7, 11) is 0. The topological polar surface area (TPSA) is 78.4 Å². The van der Waals surface area contributed by atoms with Gasteiger partial charge < -0.3 is 10.2 Å². The molecule has 1 aliphatic heterocycles. The van der Waals surface area contributed by atoms with Gasteiger partial charge in [0.05, 0.1) is 17.9 Å². The summed E-state index contributed by atoms with van der Waals surface area (Å²) < 4.78 is 0. The summed E-state index contributed by atoms with van der Waals surface area (Å²) >= 11 is 7.17. The van der Waals surface area contributed by atoms with Crippen LogP contribution in [0.2, 0.25) is 5.02 Å². The zero-order chi connectivity index (χ0) is 22.0. The van der Waals surface area contributed by atoms with E-state index in [1.165, 1.54) is 11.3 Å². The van der Waals surface area contributed by atoms with Gasteiger partial charge in [0.1, 0.15) is 4.88 Å². The molecule has 7 nitrogen and oxygen atoms in total. The minimum Gasteiger partial charge on any atom is -0.346 e. The monoisotopic (exact) mass is 455 g/mol. The number of nitrogens with zero attached hydrogens (tertiary/aromatic N) is 4. The van der Waals surface area contributed by atoms with Crippen LogP contribution in [0.5, 0.6) is 0 Å². The lowest BCUT2D eigenvalue weighted by molar-refractivity contribution is 0.0953. The van der Waals surface area contributed by atoms with Crippen LogP contribution in [0.4, 0.5) is 9.93 Å². The minimum absolute atomic E-state index is 0.112. The Hall–Kier alpha value is -2.97. The number of hydrogen-bond donors (Lipinski definition) is 1. The van der Waals surface area contributed by atoms with E-state index in [2.05, 4.69) is 15.3 Å². The summed E-state index contributed by atoms with van der Waals surface area (Å²) in [5.74, 6) is -0.215. The maximum absolute atomic E-state index is 12.9. The van der Waals surface area contributed by atoms with Crippen LogP contribution in [0.1, 0.15) is 32.2 Å². The third-order valence-corrected chi connectivity index (χ3v) is 6.44. The maximum atomic E-state index is 12.9. The van der Waals surface area contributed by atoms with Gasteiger partial charge in [-0.15, -0.1) is 0 Å². The third-order valence-electron chi connectivity index (χ3n) is 5.01. The van der Waals surface area contributed by atoms with E-state index < -0.39 is 0 Å². The summed E-state index contributed by atoms with van der Waals surface area (Å²) in [6, 6.07) is 11.2. The molecule has 3 aromatic rings. The zero-order valence-electron chi connectivity index (χ0n) is 17.3. The van der Waals surface area contributed by atoms with E-state index in [9.17, 15) is 9.59 Å². The molecule has 31 heavy (non-hydrogen) atoms. The maximum Gasteiger partial charge on any atom is 0.326 e. The fourth-order valence-electron chi connectivity index (χ4n) is 3.28. The molecule has 0 bridgehead atoms. The van der Waals surface area contributed by atoms with Crippen molar-refractivity contribution in [3.63, 3.8) is 0 Å². The van der Waals surface area contributed by atoms with Crippen molar-refractivity contribution in [2.45, 2.75) is 26.9 Å². The van der Waals surface area contributed by atoms with Crippen LogP contribution >= 0.6 is 22.9 Å². The van der Waals surface area contributed by atoms with Gasteiger partial charge in [-0.2, -0.15) is 0 Å². The molecule has 0 radical (unpaired) electrons. The molecule has 1 saturated heterocycles. The quantitative estimate of drug-likeness (QED) is 0.604. The van der Waals surface area contributed by atoms with E-state index in [4.69, 9.17) is 11.6 Å². The molecule has 1 aliphatic rings. The molecule has 3 heterocycles. The molecule has 9 heteroatoms. The highest BCUT2D eigenvalue weighted by molar-refractivity contribution is 7.17. The Morgan fingerprint density at radius 2 is 1.94 bits per heavy atom. The lowest BCUT2D eigenvalue weighted by atomic mass is 10.2. The molecule has 1 N–H and O–H groups in total. The van der Waals surface area contributed by atoms with Gasteiger partial charge in [0.15, 0.2) is 5.13 Å². The van der Waals surface area contributed by atoms with E-state index in [-0.39, 0.29) is 11.9 Å². The molecule has 0 unspecified atom stereocenters. The fraction of sp³-hybridized carbons (Fsp3) is 0.273. The van der Waals surface area contributed by atoms with Crippen molar-refractivity contribution >= 4 is 40.0 Å². The average Bonchev–Trinajstić information content (AvgIpc) is 3.31. The molecular formula is C22H22ClN5O2S. The summed E-state index contributed by atoms with van der Waals surface area (Å²) in [5, 5.41) is 4.09. The first-order valence-corrected chi connectivity index (χ1v) is 11.1. The highest BCUT2D eigenvalue weighted by atomic mass is 35.5. The predicted molar refractivity (Wildman–Crippen MR) is 122 cm³/mol. The van der Waals surface area contributed by atoms with Crippen LogP contribution in [0.3, 0.4) is 0 Å². The normalized spacial score (nSPS) is 13.7. The molecule has 0 aliphatic carbocycles. The van der Waals surface area contributed by atoms with Crippen molar-refractivity contribution in [3.05, 3.63) is 75.0 Å². The number of aromatic nitrogens is 2. The molecule has 2 aromatic heterocycles. The number of carbonyl (C=O) groups excluding carboxylic acids is 2. The van der Waals surface area contributed by atoms with Crippen molar-refractivity contribution in [2.24, 2.45) is 0 Å². The Balaban J connectivity index is 1.40. The number of nitrogens with one attached hydrogen (secondary N) is 1. The van der Waals surface area contributed by atoms with Crippen LogP contribution in [-0.4, -0.2) is 39.9 Å². The molecule has 1 aromatic carbocycles. The number of carbonyl (C=O) groups is 2. The number of rotatable bonds is 6. The lowest BCUT2D eigenvalue weighted by Crippen LogP contribution is -2.31. The first-order valence-electron chi connectivity index (χ1n) is 9.89. The van der Waals surface area contributed by atoms with Crippen LogP contribution in [0, 0.1) is 13.8 Å². The van der Waals surface area contributed by atoms with Crippen LogP contribution in [0.15, 0.2) is 42.6 Å². The fourth-order valence-corrected chi connectivity index (χ4v) is 4.41. The summed E-state index contributed by atoms with van der Waals surface area (Å²) in [5.41, 5.74) is 3.48. The van der Waals surface area contributed by atoms with Gasteiger partial charge in [0.25, 0.3) is 5.91 Å². The first-order chi connectivity index (χ1) is 14.9. The Bertz CT molecular complexity index is 1100. The molecule has 0 spiro atoms. The molecule has 4 rings (SSSR count). The van der Waals surface area contributed by atoms with Gasteiger partial charge in [-0.05, 0) is 43.2 Å². The molecule has 3 amide bonds. The van der Waals surface area contributed by atoms with Crippen LogP contribution < -0.4 is 10.2 Å². The van der Waals surface area contributed by atoms with Crippen LogP contribution in [0.25, 0.3) is 0 Å². The first kappa shape index (κ1) is 21.3. The second-order valence-electron chi connectivity index (χ2n) is 7.40. The Kier molecular flexibility index (Phi) is 6.20. The average molecular weight is 456 g/mol. The lowest BCUT2D eigenvalue weighted by Gasteiger charge is -2.17. The number of aryl methyl sites for hydroxylation is 2. The van der Waals surface area contributed by atoms with Crippen molar-refractivity contribution in [1.82, 2.24) is 20.2 Å². The molecular weight excluding hydrogens is 434 g/mol. The number of benzene rings is 1. The molecule has 0 atom stereocenters. The number of hydrogen-bond acceptors (Lipinski definition) is 5. The van der Waals surface area contributed by atoms with Crippen molar-refractivity contribution in [1.29, 1.82) is 0 Å². The number of amides is 3. The SMILES string of the molecule is Cc1ccc(CNC(=O)c2sc(N3CCN(Cc4ccc(Cl)cc4)C3=O)nc2C)nc1. The summed E-state index contributed by atoms with van der Waals surface area (Å²) in [6.07, 6.45) is 1.77. The van der Waals surface area contributed by atoms with Crippen LogP contribution in [-0.2, 0) is 13.1 Å². The van der Waals surface area contributed by atoms with E-state index in [0.29, 0.717) is 46.9 Å². The van der Waals surface area contributed by atoms with Gasteiger partial charge in [0, 0.05) is 30.9 Å². The van der Waals surface area contributed by atoms with E-state index in [1.54, 1.807) is 22.9 Å². The highest BCUT2D eigenvalue weighted by Crippen LogP contribution is 2.29. The summed E-state index contributed by atoms with van der Waals surface area (Å²) in [4.78, 5) is 38.2. The van der Waals surface area contributed by atoms with Gasteiger partial charge in [-0.25, -0.2) is 9.78 Å². The smallest absolute Gasteiger partial charge is 0.326 e. The zero-order valence-corrected chi connectivity index (χ0v) is 18.8. The van der Waals surface area contributed by atoms with Gasteiger partial charge in [-0.3, -0.25) is 14.7 Å². The number of pyridine rings is 1. The Labute approximate surface area is 189 Å². The molecule has 160 valence electrons. The van der Waals surface area contributed by atoms with Gasteiger partial charge in [-0.1, -0.05) is 41.1 Å². The summed E-state index contributed by atoms with van der Waals surface area (Å²) in [6.45, 7) is 5.73. The van der Waals surface area contributed by atoms with Crippen molar-refractivity contribution in [3.8, 4) is 0 Å². The Morgan fingerprint density at radius 1 is 1.16 bits per heavy atom. The van der Waals surface area contributed by atoms with E-state index >= 15 is 0 Å². The Morgan fingerprint density at radius 3 is 2.65 bits per heavy atom. The van der Waals surface area contributed by atoms with Crippen molar-refractivity contribution in [2.75, 3.05) is 18.0 Å². The third kappa shape index (κ3) is 4.86. The number of thiazole rings is 1. The number of anilines is 1. The predicted octanol–water partition coefficient (Wildman–Crippen LogP) is 4.18. The number of halogens is 1. The van der Waals surface area contributed by atoms with Crippen molar-refractivity contribution < 1.29 is 9.59 Å². The standard InChI is InChI=1S/C22H22ClN5O2S/c1-14-3-8-18(24-11-14)12-25-20(29)19-15(2)26-21(31-19)28-10-9-27(22(28)30)13-16-4-6-17(23)7-5-16/h3-8,11H,9-10,12-13H2,1-2H3,(H,25,29). The van der Waals surface area contributed by atoms with Gasteiger partial charge in [0.2, 0.25) is 0 Å². The second kappa shape index (κ2) is 9.03. The molecule has 0 saturated carbocycles. The largest absolute Gasteiger partial charge is 0.346 e. The van der Waals surface area contributed by atoms with E-state index in [0.717, 1.165) is 16.8 Å². The highest BCUT2D eigenvalue weighted by Gasteiger charge is 2.32. The van der Waals surface area contributed by atoms with E-state index in [1.807, 2.05) is 43.3 Å². The number of urea groups is 1. The minimum atomic E-state index is -0.215. The molecule has 1 fully saturated rings.